The fraction of sp³-hybridized carbons (Fsp3) is 0.182. The van der Waals surface area contributed by atoms with Gasteiger partial charge in [-0.2, -0.15) is 5.26 Å². The largest absolute Gasteiger partial charge is 0.398 e. The minimum absolute atomic E-state index is 0.223. The van der Waals surface area contributed by atoms with Crippen LogP contribution in [0.25, 0.3) is 6.08 Å². The molecule has 0 radical (unpaired) electrons. The first-order chi connectivity index (χ1) is 8.57. The second-order valence-corrected chi connectivity index (χ2v) is 2.49. The van der Waals surface area contributed by atoms with Gasteiger partial charge in [-0.3, -0.25) is 0 Å². The van der Waals surface area contributed by atoms with Gasteiger partial charge in [-0.15, -0.1) is 0 Å². The van der Waals surface area contributed by atoms with Crippen LogP contribution in [0.3, 0.4) is 0 Å². The number of aryl methyl sites for hydroxylation is 2. The van der Waals surface area contributed by atoms with Gasteiger partial charge in [0.15, 0.2) is 0 Å². The van der Waals surface area contributed by atoms with Gasteiger partial charge in [-0.25, -0.2) is 0 Å². The molecular formula is C11H12N2. The van der Waals surface area contributed by atoms with Crippen molar-refractivity contribution in [3.8, 4) is 6.07 Å². The Morgan fingerprint density at radius 3 is 2.54 bits per heavy atom. The normalized spacial score (nSPS) is 19.0. The highest BCUT2D eigenvalue weighted by Crippen LogP contribution is 2.19. The fourth-order valence-corrected chi connectivity index (χ4v) is 0.905. The second-order valence-electron chi connectivity index (χ2n) is 2.49. The lowest BCUT2D eigenvalue weighted by atomic mass is 10.0. The third-order valence-electron chi connectivity index (χ3n) is 1.55. The van der Waals surface area contributed by atoms with Gasteiger partial charge in [0.2, 0.25) is 0 Å². The van der Waals surface area contributed by atoms with E-state index in [1.54, 1.807) is 6.07 Å². The van der Waals surface area contributed by atoms with Crippen molar-refractivity contribution in [3.63, 3.8) is 0 Å². The molecule has 0 aliphatic rings. The summed E-state index contributed by atoms with van der Waals surface area (Å²) in [6, 6.07) is 4.29. The Balaban J connectivity index is 3.58. The minimum atomic E-state index is -2.51. The number of hydrogen-bond donors (Lipinski definition) is 1. The summed E-state index contributed by atoms with van der Waals surface area (Å²) in [5, 5.41) is 8.46. The number of nitrogen functional groups attached to an aromatic ring is 1. The molecule has 0 saturated heterocycles. The number of anilines is 1. The maximum atomic E-state index is 8.46. The molecule has 0 amide bonds. The lowest BCUT2D eigenvalue weighted by Gasteiger charge is -2.05. The summed E-state index contributed by atoms with van der Waals surface area (Å²) in [4.78, 5) is 0. The molecule has 1 aromatic carbocycles. The van der Waals surface area contributed by atoms with Crippen molar-refractivity contribution >= 4 is 11.8 Å². The van der Waals surface area contributed by atoms with Gasteiger partial charge in [0.05, 0.1) is 6.07 Å². The fourth-order valence-electron chi connectivity index (χ4n) is 0.905. The smallest absolute Gasteiger partial charge is 0.0912 e. The van der Waals surface area contributed by atoms with E-state index in [4.69, 9.17) is 19.2 Å². The predicted molar refractivity (Wildman–Crippen MR) is 55.0 cm³/mol. The second kappa shape index (κ2) is 3.77. The number of hydrogen-bond acceptors (Lipinski definition) is 2. The van der Waals surface area contributed by atoms with Gasteiger partial charge in [0.25, 0.3) is 0 Å². The molecule has 1 aromatic rings. The van der Waals surface area contributed by atoms with Crippen LogP contribution in [-0.2, 0) is 0 Å². The molecule has 0 aliphatic carbocycles. The average molecular weight is 178 g/mol. The zero-order chi connectivity index (χ0) is 14.8. The number of nitrogens with two attached hydrogens (primary N) is 1. The number of rotatable bonds is 1. The molecule has 13 heavy (non-hydrogen) atoms. The van der Waals surface area contributed by atoms with E-state index in [0.717, 1.165) is 6.08 Å². The van der Waals surface area contributed by atoms with Crippen LogP contribution in [0.4, 0.5) is 5.69 Å². The van der Waals surface area contributed by atoms with E-state index in [-0.39, 0.29) is 16.8 Å². The Labute approximate surface area is 86.7 Å². The number of allylic oxidation sites excluding steroid dienone is 1. The Morgan fingerprint density at radius 2 is 2.08 bits per heavy atom. The lowest BCUT2D eigenvalue weighted by Crippen LogP contribution is -1.93. The van der Waals surface area contributed by atoms with E-state index in [2.05, 4.69) is 0 Å². The third kappa shape index (κ3) is 2.09. The van der Waals surface area contributed by atoms with Crippen LogP contribution in [0.2, 0.25) is 0 Å². The molecule has 2 N–H and O–H groups in total. The van der Waals surface area contributed by atoms with Crippen molar-refractivity contribution in [1.82, 2.24) is 0 Å². The van der Waals surface area contributed by atoms with E-state index in [1.807, 2.05) is 0 Å². The Kier molecular flexibility index (Phi) is 1.15. The van der Waals surface area contributed by atoms with Gasteiger partial charge in [0.1, 0.15) is 0 Å². The summed E-state index contributed by atoms with van der Waals surface area (Å²) in [7, 11) is 0. The van der Waals surface area contributed by atoms with E-state index >= 15 is 0 Å². The highest BCUT2D eigenvalue weighted by Gasteiger charge is 1.98. The SMILES string of the molecule is [2H]C([2H])([2H])c1cc(/C=C\C#N)cc(C([2H])([2H])[2H])c1N. The number of nitrogens with zero attached hydrogens (tertiary/aromatic N) is 1. The molecule has 0 saturated carbocycles. The first kappa shape index (κ1) is 3.97. The van der Waals surface area contributed by atoms with Crippen LogP contribution in [0.15, 0.2) is 18.2 Å². The van der Waals surface area contributed by atoms with Crippen LogP contribution in [-0.4, -0.2) is 0 Å². The summed E-state index contributed by atoms with van der Waals surface area (Å²) in [6.07, 6.45) is 2.47. The van der Waals surface area contributed by atoms with Crippen molar-refractivity contribution in [3.05, 3.63) is 34.9 Å². The summed E-state index contributed by atoms with van der Waals surface area (Å²) < 4.78 is 44.2. The highest BCUT2D eigenvalue weighted by atomic mass is 14.6. The van der Waals surface area contributed by atoms with Crippen LogP contribution >= 0.6 is 0 Å². The van der Waals surface area contributed by atoms with E-state index in [1.165, 1.54) is 18.2 Å². The maximum absolute atomic E-state index is 8.46. The number of nitriles is 1. The van der Waals surface area contributed by atoms with Crippen LogP contribution in [0.5, 0.6) is 0 Å². The third-order valence-corrected chi connectivity index (χ3v) is 1.55. The molecule has 0 atom stereocenters. The van der Waals surface area contributed by atoms with Gasteiger partial charge in [0, 0.05) is 20.0 Å². The zero-order valence-corrected chi connectivity index (χ0v) is 6.83. The van der Waals surface area contributed by atoms with Gasteiger partial charge in [-0.05, 0) is 48.6 Å². The van der Waals surface area contributed by atoms with Crippen LogP contribution in [0.1, 0.15) is 24.9 Å². The summed E-state index contributed by atoms with van der Waals surface area (Å²) >= 11 is 0. The van der Waals surface area contributed by atoms with Crippen molar-refractivity contribution in [2.45, 2.75) is 13.7 Å². The monoisotopic (exact) mass is 178 g/mol. The Bertz CT molecular complexity index is 513. The molecule has 0 aliphatic heterocycles. The zero-order valence-electron chi connectivity index (χ0n) is 12.8. The first-order valence-corrected chi connectivity index (χ1v) is 3.58. The Morgan fingerprint density at radius 1 is 1.46 bits per heavy atom. The standard InChI is InChI=1S/C11H12N2/c1-8-6-10(4-3-5-12)7-9(2)11(8)13/h3-4,6-7H,13H2,1-2H3/b4-3-/i1D3,2D3. The quantitative estimate of drug-likeness (QED) is 0.530. The minimum Gasteiger partial charge on any atom is -0.398 e. The van der Waals surface area contributed by atoms with Crippen molar-refractivity contribution in [2.24, 2.45) is 0 Å². The van der Waals surface area contributed by atoms with Crippen LogP contribution < -0.4 is 5.73 Å². The molecule has 0 aromatic heterocycles. The molecule has 0 unspecified atom stereocenters. The maximum Gasteiger partial charge on any atom is 0.0912 e. The van der Waals surface area contributed by atoms with Crippen molar-refractivity contribution in [2.75, 3.05) is 5.73 Å². The van der Waals surface area contributed by atoms with Gasteiger partial charge >= 0.3 is 0 Å². The molecule has 0 bridgehead atoms. The molecule has 2 heteroatoms. The van der Waals surface area contributed by atoms with Crippen LogP contribution in [0, 0.1) is 25.0 Å². The summed E-state index contributed by atoms with van der Waals surface area (Å²) in [5.41, 5.74) is 5.25. The van der Waals surface area contributed by atoms with Gasteiger partial charge < -0.3 is 5.73 Å². The lowest BCUT2D eigenvalue weighted by molar-refractivity contribution is 1.38. The first-order valence-electron chi connectivity index (χ1n) is 6.58. The Hall–Kier alpha value is -1.75. The van der Waals surface area contributed by atoms with Gasteiger partial charge in [-0.1, -0.05) is 0 Å². The molecule has 66 valence electrons. The van der Waals surface area contributed by atoms with E-state index < -0.39 is 13.7 Å². The van der Waals surface area contributed by atoms with Crippen molar-refractivity contribution < 1.29 is 8.22 Å². The predicted octanol–water partition coefficient (Wildman–Crippen LogP) is 2.42. The average Bonchev–Trinajstić information content (AvgIpc) is 2.24. The van der Waals surface area contributed by atoms with E-state index in [0.29, 0.717) is 5.56 Å². The summed E-state index contributed by atoms with van der Waals surface area (Å²) in [6.45, 7) is -5.03. The van der Waals surface area contributed by atoms with E-state index in [9.17, 15) is 0 Å². The molecular weight excluding hydrogens is 160 g/mol. The topological polar surface area (TPSA) is 49.8 Å². The molecule has 0 spiro atoms. The molecule has 0 heterocycles. The number of benzene rings is 1. The highest BCUT2D eigenvalue weighted by molar-refractivity contribution is 5.62. The molecule has 0 fully saturated rings. The molecule has 1 rings (SSSR count). The van der Waals surface area contributed by atoms with Crippen molar-refractivity contribution in [1.29, 1.82) is 5.26 Å². The molecule has 2 nitrogen and oxygen atoms in total. The summed E-state index contributed by atoms with van der Waals surface area (Å²) in [5.74, 6) is 0.